The van der Waals surface area contributed by atoms with Gasteiger partial charge >= 0.3 is 0 Å². The third-order valence-corrected chi connectivity index (χ3v) is 7.90. The number of methoxy groups -OCH3 is 1. The summed E-state index contributed by atoms with van der Waals surface area (Å²) in [4.78, 5) is 0.264. The Kier molecular flexibility index (Phi) is 6.15. The maximum absolute atomic E-state index is 13.6. The highest BCUT2D eigenvalue weighted by Gasteiger charge is 2.37. The van der Waals surface area contributed by atoms with Crippen molar-refractivity contribution in [1.29, 1.82) is 0 Å². The lowest BCUT2D eigenvalue weighted by molar-refractivity contribution is 0.308. The van der Waals surface area contributed by atoms with E-state index in [1.165, 1.54) is 6.20 Å². The van der Waals surface area contributed by atoms with Crippen LogP contribution in [0.15, 0.2) is 45.9 Å². The highest BCUT2D eigenvalue weighted by atomic mass is 32.2. The molecule has 2 aromatic heterocycles. The molecule has 8 nitrogen and oxygen atoms in total. The van der Waals surface area contributed by atoms with Gasteiger partial charge in [0, 0.05) is 24.7 Å². The monoisotopic (exact) mass is 444 g/mol. The van der Waals surface area contributed by atoms with Crippen LogP contribution >= 0.6 is 0 Å². The number of sulfonamides is 1. The zero-order chi connectivity index (χ0) is 22.0. The number of ether oxygens (including phenoxy) is 1. The Morgan fingerprint density at radius 3 is 2.65 bits per heavy atom. The molecule has 9 heteroatoms. The standard InChI is InChI=1S/C22H28N4O4S/c1-4-25-16(2)22(15-23-25)31(27,28)26-13-7-5-6-8-20(26)19-14-21(30-24-19)17-9-11-18(29-3)12-10-17/h9-12,14-15,20H,4-8,13H2,1-3H3/t20-/m0/s1. The van der Waals surface area contributed by atoms with Crippen molar-refractivity contribution >= 4 is 10.0 Å². The lowest BCUT2D eigenvalue weighted by Gasteiger charge is -2.27. The van der Waals surface area contributed by atoms with Crippen molar-refractivity contribution in [2.75, 3.05) is 13.7 Å². The first-order chi connectivity index (χ1) is 15.0. The highest BCUT2D eigenvalue weighted by Crippen LogP contribution is 2.36. The average Bonchev–Trinajstić information content (AvgIpc) is 3.33. The molecule has 1 aliphatic rings. The quantitative estimate of drug-likeness (QED) is 0.566. The predicted molar refractivity (Wildman–Crippen MR) is 116 cm³/mol. The molecular weight excluding hydrogens is 416 g/mol. The van der Waals surface area contributed by atoms with Gasteiger partial charge in [-0.1, -0.05) is 18.0 Å². The van der Waals surface area contributed by atoms with E-state index in [9.17, 15) is 8.42 Å². The second kappa shape index (κ2) is 8.84. The first-order valence-corrected chi connectivity index (χ1v) is 12.0. The molecule has 0 aliphatic carbocycles. The van der Waals surface area contributed by atoms with Crippen LogP contribution in [0.5, 0.6) is 5.75 Å². The van der Waals surface area contributed by atoms with Gasteiger partial charge in [-0.15, -0.1) is 0 Å². The number of aryl methyl sites for hydroxylation is 1. The third kappa shape index (κ3) is 4.12. The number of hydrogen-bond acceptors (Lipinski definition) is 6. The van der Waals surface area contributed by atoms with E-state index in [4.69, 9.17) is 9.26 Å². The van der Waals surface area contributed by atoms with Crippen molar-refractivity contribution in [3.05, 3.63) is 47.9 Å². The molecule has 3 heterocycles. The Hall–Kier alpha value is -2.65. The normalized spacial score (nSPS) is 18.1. The molecule has 166 valence electrons. The molecule has 0 amide bonds. The Morgan fingerprint density at radius 1 is 1.19 bits per heavy atom. The summed E-state index contributed by atoms with van der Waals surface area (Å²) in [6, 6.07) is 8.98. The zero-order valence-corrected chi connectivity index (χ0v) is 18.9. The Balaban J connectivity index is 1.68. The number of nitrogens with zero attached hydrogens (tertiary/aromatic N) is 4. The van der Waals surface area contributed by atoms with Crippen LogP contribution in [0.1, 0.15) is 50.0 Å². The molecule has 0 bridgehead atoms. The summed E-state index contributed by atoms with van der Waals surface area (Å²) in [6.07, 6.45) is 4.91. The topological polar surface area (TPSA) is 90.5 Å². The summed E-state index contributed by atoms with van der Waals surface area (Å²) in [5.41, 5.74) is 2.16. The number of hydrogen-bond donors (Lipinski definition) is 0. The summed E-state index contributed by atoms with van der Waals surface area (Å²) >= 11 is 0. The Labute approximate surface area is 182 Å². The van der Waals surface area contributed by atoms with E-state index in [0.717, 1.165) is 30.6 Å². The molecule has 0 saturated carbocycles. The summed E-state index contributed by atoms with van der Waals surface area (Å²) in [7, 11) is -2.10. The maximum Gasteiger partial charge on any atom is 0.247 e. The van der Waals surface area contributed by atoms with Crippen molar-refractivity contribution in [1.82, 2.24) is 19.2 Å². The minimum Gasteiger partial charge on any atom is -0.497 e. The molecule has 1 fully saturated rings. The zero-order valence-electron chi connectivity index (χ0n) is 18.1. The molecule has 1 aromatic carbocycles. The fraction of sp³-hybridized carbons (Fsp3) is 0.455. The molecular formula is C22H28N4O4S. The van der Waals surface area contributed by atoms with E-state index >= 15 is 0 Å². The molecule has 3 aromatic rings. The molecule has 1 saturated heterocycles. The lowest BCUT2D eigenvalue weighted by atomic mass is 10.1. The minimum atomic E-state index is -3.72. The van der Waals surface area contributed by atoms with Crippen LogP contribution in [0.25, 0.3) is 11.3 Å². The van der Waals surface area contributed by atoms with Gasteiger partial charge in [-0.3, -0.25) is 4.68 Å². The minimum absolute atomic E-state index is 0.264. The predicted octanol–water partition coefficient (Wildman–Crippen LogP) is 4.18. The van der Waals surface area contributed by atoms with E-state index in [-0.39, 0.29) is 10.9 Å². The largest absolute Gasteiger partial charge is 0.497 e. The molecule has 0 unspecified atom stereocenters. The summed E-state index contributed by atoms with van der Waals surface area (Å²) in [5, 5.41) is 8.51. The first kappa shape index (κ1) is 21.6. The van der Waals surface area contributed by atoms with Crippen molar-refractivity contribution in [3.8, 4) is 17.1 Å². The van der Waals surface area contributed by atoms with Crippen molar-refractivity contribution < 1.29 is 17.7 Å². The molecule has 1 aliphatic heterocycles. The SMILES string of the molecule is CCn1ncc(S(=O)(=O)N2CCCCC[C@H]2c2cc(-c3ccc(OC)cc3)on2)c1C. The van der Waals surface area contributed by atoms with Crippen LogP contribution in [-0.2, 0) is 16.6 Å². The van der Waals surface area contributed by atoms with E-state index in [2.05, 4.69) is 10.3 Å². The van der Waals surface area contributed by atoms with E-state index < -0.39 is 10.0 Å². The van der Waals surface area contributed by atoms with Crippen LogP contribution in [0, 0.1) is 6.92 Å². The summed E-state index contributed by atoms with van der Waals surface area (Å²) in [5.74, 6) is 1.36. The summed E-state index contributed by atoms with van der Waals surface area (Å²) in [6.45, 7) is 4.82. The first-order valence-electron chi connectivity index (χ1n) is 10.6. The van der Waals surface area contributed by atoms with Gasteiger partial charge in [0.15, 0.2) is 5.76 Å². The lowest BCUT2D eigenvalue weighted by Crippen LogP contribution is -2.35. The van der Waals surface area contributed by atoms with Crippen LogP contribution in [-0.4, -0.2) is 41.3 Å². The second-order valence-electron chi connectivity index (χ2n) is 7.74. The van der Waals surface area contributed by atoms with Crippen LogP contribution in [0.4, 0.5) is 0 Å². The van der Waals surface area contributed by atoms with Gasteiger partial charge in [0.1, 0.15) is 16.3 Å². The van der Waals surface area contributed by atoms with E-state index in [1.807, 2.05) is 37.3 Å². The molecule has 0 spiro atoms. The molecule has 31 heavy (non-hydrogen) atoms. The Morgan fingerprint density at radius 2 is 1.97 bits per heavy atom. The van der Waals surface area contributed by atoms with Gasteiger partial charge in [-0.2, -0.15) is 9.40 Å². The highest BCUT2D eigenvalue weighted by molar-refractivity contribution is 7.89. The van der Waals surface area contributed by atoms with Crippen LogP contribution in [0.3, 0.4) is 0 Å². The van der Waals surface area contributed by atoms with Gasteiger partial charge in [0.25, 0.3) is 0 Å². The number of aromatic nitrogens is 3. The van der Waals surface area contributed by atoms with E-state index in [0.29, 0.717) is 36.7 Å². The van der Waals surface area contributed by atoms with Crippen LogP contribution < -0.4 is 4.74 Å². The van der Waals surface area contributed by atoms with Gasteiger partial charge in [0.2, 0.25) is 10.0 Å². The Bertz CT molecular complexity index is 1130. The molecule has 4 rings (SSSR count). The third-order valence-electron chi connectivity index (χ3n) is 5.89. The fourth-order valence-electron chi connectivity index (χ4n) is 4.13. The molecule has 0 radical (unpaired) electrons. The van der Waals surface area contributed by atoms with Gasteiger partial charge < -0.3 is 9.26 Å². The van der Waals surface area contributed by atoms with Crippen molar-refractivity contribution in [2.45, 2.75) is 57.0 Å². The van der Waals surface area contributed by atoms with Gasteiger partial charge in [-0.25, -0.2) is 8.42 Å². The molecule has 1 atom stereocenters. The number of benzene rings is 1. The maximum atomic E-state index is 13.6. The number of rotatable bonds is 6. The van der Waals surface area contributed by atoms with Gasteiger partial charge in [-0.05, 0) is 51.0 Å². The van der Waals surface area contributed by atoms with Crippen LogP contribution in [0.2, 0.25) is 0 Å². The van der Waals surface area contributed by atoms with Gasteiger partial charge in [0.05, 0.1) is 25.0 Å². The van der Waals surface area contributed by atoms with Crippen molar-refractivity contribution in [2.24, 2.45) is 0 Å². The summed E-state index contributed by atoms with van der Waals surface area (Å²) < 4.78 is 41.3. The average molecular weight is 445 g/mol. The molecule has 0 N–H and O–H groups in total. The van der Waals surface area contributed by atoms with Crippen molar-refractivity contribution in [3.63, 3.8) is 0 Å². The fourth-order valence-corrected chi connectivity index (χ4v) is 5.96. The van der Waals surface area contributed by atoms with E-state index in [1.54, 1.807) is 23.0 Å². The smallest absolute Gasteiger partial charge is 0.247 e. The second-order valence-corrected chi connectivity index (χ2v) is 9.59.